The SMILES string of the molecule is C#CCNCCOCC1CCCCC1. The molecule has 0 spiro atoms. The number of terminal acetylenes is 1. The van der Waals surface area contributed by atoms with E-state index in [9.17, 15) is 0 Å². The van der Waals surface area contributed by atoms with Crippen molar-refractivity contribution in [3.8, 4) is 12.3 Å². The molecule has 1 aliphatic rings. The summed E-state index contributed by atoms with van der Waals surface area (Å²) in [6, 6.07) is 0. The molecule has 0 aromatic rings. The Morgan fingerprint density at radius 1 is 1.29 bits per heavy atom. The summed E-state index contributed by atoms with van der Waals surface area (Å²) in [5.74, 6) is 3.36. The van der Waals surface area contributed by atoms with Gasteiger partial charge in [-0.05, 0) is 18.8 Å². The normalized spacial score (nSPS) is 17.9. The van der Waals surface area contributed by atoms with Crippen molar-refractivity contribution in [1.29, 1.82) is 0 Å². The van der Waals surface area contributed by atoms with Crippen LogP contribution in [0.2, 0.25) is 0 Å². The van der Waals surface area contributed by atoms with Crippen molar-refractivity contribution in [2.45, 2.75) is 32.1 Å². The van der Waals surface area contributed by atoms with Gasteiger partial charge >= 0.3 is 0 Å². The predicted molar refractivity (Wildman–Crippen MR) is 59.1 cm³/mol. The molecule has 0 aliphatic heterocycles. The molecule has 1 aliphatic carbocycles. The molecule has 2 heteroatoms. The first-order valence-electron chi connectivity index (χ1n) is 5.65. The van der Waals surface area contributed by atoms with Gasteiger partial charge in [-0.2, -0.15) is 0 Å². The summed E-state index contributed by atoms with van der Waals surface area (Å²) in [5.41, 5.74) is 0. The van der Waals surface area contributed by atoms with E-state index in [2.05, 4.69) is 11.2 Å². The van der Waals surface area contributed by atoms with Crippen molar-refractivity contribution in [2.24, 2.45) is 5.92 Å². The summed E-state index contributed by atoms with van der Waals surface area (Å²) in [5, 5.41) is 3.11. The zero-order chi connectivity index (χ0) is 10.1. The summed E-state index contributed by atoms with van der Waals surface area (Å²) in [7, 11) is 0. The maximum Gasteiger partial charge on any atom is 0.0591 e. The summed E-state index contributed by atoms with van der Waals surface area (Å²) in [4.78, 5) is 0. The Balaban J connectivity index is 1.85. The van der Waals surface area contributed by atoms with Crippen LogP contribution in [0.15, 0.2) is 0 Å². The van der Waals surface area contributed by atoms with E-state index in [-0.39, 0.29) is 0 Å². The van der Waals surface area contributed by atoms with Crippen LogP contribution < -0.4 is 5.32 Å². The van der Waals surface area contributed by atoms with Crippen LogP contribution >= 0.6 is 0 Å². The molecule has 0 heterocycles. The molecule has 0 radical (unpaired) electrons. The Bertz CT molecular complexity index is 168. The summed E-state index contributed by atoms with van der Waals surface area (Å²) >= 11 is 0. The molecule has 80 valence electrons. The summed E-state index contributed by atoms with van der Waals surface area (Å²) < 4.78 is 5.59. The van der Waals surface area contributed by atoms with Crippen molar-refractivity contribution in [2.75, 3.05) is 26.3 Å². The van der Waals surface area contributed by atoms with Crippen molar-refractivity contribution in [1.82, 2.24) is 5.32 Å². The third kappa shape index (κ3) is 5.26. The van der Waals surface area contributed by atoms with E-state index in [4.69, 9.17) is 11.2 Å². The highest BCUT2D eigenvalue weighted by Gasteiger charge is 2.12. The Labute approximate surface area is 87.4 Å². The first kappa shape index (κ1) is 11.6. The van der Waals surface area contributed by atoms with Crippen LogP contribution in [0.25, 0.3) is 0 Å². The Morgan fingerprint density at radius 3 is 2.79 bits per heavy atom. The topological polar surface area (TPSA) is 21.3 Å². The number of hydrogen-bond acceptors (Lipinski definition) is 2. The highest BCUT2D eigenvalue weighted by molar-refractivity contribution is 4.86. The number of ether oxygens (including phenoxy) is 1. The third-order valence-electron chi connectivity index (χ3n) is 2.73. The lowest BCUT2D eigenvalue weighted by Crippen LogP contribution is -2.22. The Morgan fingerprint density at radius 2 is 2.07 bits per heavy atom. The van der Waals surface area contributed by atoms with Crippen molar-refractivity contribution in [3.63, 3.8) is 0 Å². The first-order chi connectivity index (χ1) is 6.93. The molecule has 0 unspecified atom stereocenters. The lowest BCUT2D eigenvalue weighted by atomic mass is 9.90. The van der Waals surface area contributed by atoms with Gasteiger partial charge in [-0.25, -0.2) is 0 Å². The Kier molecular flexibility index (Phi) is 6.47. The van der Waals surface area contributed by atoms with Gasteiger partial charge in [0.1, 0.15) is 0 Å². The third-order valence-corrected chi connectivity index (χ3v) is 2.73. The minimum absolute atomic E-state index is 0.646. The van der Waals surface area contributed by atoms with Crippen LogP contribution in [0.4, 0.5) is 0 Å². The predicted octanol–water partition coefficient (Wildman–Crippen LogP) is 1.81. The molecular formula is C12H21NO. The van der Waals surface area contributed by atoms with Crippen LogP contribution in [-0.4, -0.2) is 26.3 Å². The van der Waals surface area contributed by atoms with E-state index in [0.717, 1.165) is 25.7 Å². The number of hydrogen-bond donors (Lipinski definition) is 1. The first-order valence-corrected chi connectivity index (χ1v) is 5.65. The van der Waals surface area contributed by atoms with Gasteiger partial charge in [-0.15, -0.1) is 6.42 Å². The van der Waals surface area contributed by atoms with Gasteiger partial charge in [0.15, 0.2) is 0 Å². The highest BCUT2D eigenvalue weighted by atomic mass is 16.5. The monoisotopic (exact) mass is 195 g/mol. The lowest BCUT2D eigenvalue weighted by Gasteiger charge is -2.21. The van der Waals surface area contributed by atoms with E-state index in [1.165, 1.54) is 32.1 Å². The minimum Gasteiger partial charge on any atom is -0.380 e. The molecule has 0 atom stereocenters. The molecular weight excluding hydrogens is 174 g/mol. The van der Waals surface area contributed by atoms with Crippen LogP contribution in [0.5, 0.6) is 0 Å². The standard InChI is InChI=1S/C12H21NO/c1-2-8-13-9-10-14-11-12-6-4-3-5-7-12/h1,12-13H,3-11H2. The molecule has 1 rings (SSSR count). The molecule has 0 aromatic carbocycles. The summed E-state index contributed by atoms with van der Waals surface area (Å²) in [6.45, 7) is 3.25. The van der Waals surface area contributed by atoms with E-state index in [0.29, 0.717) is 6.54 Å². The highest BCUT2D eigenvalue weighted by Crippen LogP contribution is 2.23. The summed E-state index contributed by atoms with van der Waals surface area (Å²) in [6.07, 6.45) is 12.0. The molecule has 0 amide bonds. The maximum atomic E-state index is 5.59. The largest absolute Gasteiger partial charge is 0.380 e. The van der Waals surface area contributed by atoms with Crippen molar-refractivity contribution in [3.05, 3.63) is 0 Å². The fraction of sp³-hybridized carbons (Fsp3) is 0.833. The van der Waals surface area contributed by atoms with Gasteiger partial charge < -0.3 is 10.1 Å². The van der Waals surface area contributed by atoms with Crippen LogP contribution in [0.1, 0.15) is 32.1 Å². The molecule has 0 bridgehead atoms. The van der Waals surface area contributed by atoms with Crippen molar-refractivity contribution < 1.29 is 4.74 Å². The van der Waals surface area contributed by atoms with Gasteiger partial charge in [0.25, 0.3) is 0 Å². The van der Waals surface area contributed by atoms with Crippen molar-refractivity contribution >= 4 is 0 Å². The van der Waals surface area contributed by atoms with E-state index in [1.54, 1.807) is 0 Å². The zero-order valence-electron chi connectivity index (χ0n) is 8.93. The van der Waals surface area contributed by atoms with E-state index >= 15 is 0 Å². The van der Waals surface area contributed by atoms with Crippen LogP contribution in [0, 0.1) is 18.3 Å². The smallest absolute Gasteiger partial charge is 0.0591 e. The fourth-order valence-electron chi connectivity index (χ4n) is 1.91. The van der Waals surface area contributed by atoms with E-state index < -0.39 is 0 Å². The van der Waals surface area contributed by atoms with Crippen LogP contribution in [-0.2, 0) is 4.74 Å². The second-order valence-electron chi connectivity index (χ2n) is 3.96. The molecule has 2 nitrogen and oxygen atoms in total. The van der Waals surface area contributed by atoms with Gasteiger partial charge in [-0.3, -0.25) is 0 Å². The lowest BCUT2D eigenvalue weighted by molar-refractivity contribution is 0.0875. The maximum absolute atomic E-state index is 5.59. The molecule has 1 fully saturated rings. The average Bonchev–Trinajstić information content (AvgIpc) is 2.25. The number of nitrogens with one attached hydrogen (secondary N) is 1. The fourth-order valence-corrected chi connectivity index (χ4v) is 1.91. The van der Waals surface area contributed by atoms with E-state index in [1.807, 2.05) is 0 Å². The second-order valence-corrected chi connectivity index (χ2v) is 3.96. The molecule has 14 heavy (non-hydrogen) atoms. The van der Waals surface area contributed by atoms with Crippen LogP contribution in [0.3, 0.4) is 0 Å². The Hall–Kier alpha value is -0.520. The molecule has 1 saturated carbocycles. The average molecular weight is 195 g/mol. The molecule has 1 N–H and O–H groups in total. The number of rotatable bonds is 6. The van der Waals surface area contributed by atoms with Gasteiger partial charge in [0, 0.05) is 13.2 Å². The van der Waals surface area contributed by atoms with Gasteiger partial charge in [0.2, 0.25) is 0 Å². The molecule has 0 saturated heterocycles. The second kappa shape index (κ2) is 7.84. The minimum atomic E-state index is 0.646. The zero-order valence-corrected chi connectivity index (χ0v) is 8.93. The van der Waals surface area contributed by atoms with Gasteiger partial charge in [0.05, 0.1) is 13.2 Å². The van der Waals surface area contributed by atoms with Gasteiger partial charge in [-0.1, -0.05) is 25.2 Å². The molecule has 0 aromatic heterocycles. The quantitative estimate of drug-likeness (QED) is 0.515.